The Labute approximate surface area is 713 Å². The molecule has 18 nitrogen and oxygen atoms in total. The van der Waals surface area contributed by atoms with Crippen LogP contribution in [0.3, 0.4) is 0 Å². The first-order valence-corrected chi connectivity index (χ1v) is 47.0. The van der Waals surface area contributed by atoms with E-state index < -0.39 is 81.2 Å². The summed E-state index contributed by atoms with van der Waals surface area (Å²) in [7, 11) is -5.31. The van der Waals surface area contributed by atoms with Crippen LogP contribution >= 0.6 is 7.82 Å². The number of nitrogens with zero attached hydrogens (tertiary/aromatic N) is 3. The van der Waals surface area contributed by atoms with E-state index in [1.165, 1.54) is 167 Å². The quantitative estimate of drug-likeness (QED) is 0.0124. The molecule has 2 aliphatic rings. The summed E-state index contributed by atoms with van der Waals surface area (Å²) >= 11 is 0. The van der Waals surface area contributed by atoms with Gasteiger partial charge in [0.15, 0.2) is 6.29 Å². The minimum absolute atomic E-state index is 0.00512. The van der Waals surface area contributed by atoms with Crippen LogP contribution in [0.25, 0.3) is 10.4 Å². The van der Waals surface area contributed by atoms with Crippen LogP contribution in [0.2, 0.25) is 0 Å². The predicted molar refractivity (Wildman–Crippen MR) is 473 cm³/mol. The van der Waals surface area contributed by atoms with Crippen LogP contribution < -0.4 is 0 Å². The van der Waals surface area contributed by atoms with Gasteiger partial charge in [0.25, 0.3) is 0 Å². The van der Waals surface area contributed by atoms with Crippen molar-refractivity contribution in [3.8, 4) is 0 Å². The second-order valence-corrected chi connectivity index (χ2v) is 33.8. The smallest absolute Gasteiger partial charge is 0.379 e. The van der Waals surface area contributed by atoms with E-state index in [0.717, 1.165) is 77.5 Å². The minimum Gasteiger partial charge on any atom is -0.379 e. The van der Waals surface area contributed by atoms with E-state index in [2.05, 4.69) is 23.9 Å². The fourth-order valence-electron chi connectivity index (χ4n) is 15.9. The van der Waals surface area contributed by atoms with Crippen LogP contribution in [0.4, 0.5) is 0 Å². The Bertz CT molecular complexity index is 3710. The van der Waals surface area contributed by atoms with Gasteiger partial charge in [0, 0.05) is 18.1 Å². The number of rotatable bonds is 67. The molecule has 2 fully saturated rings. The summed E-state index contributed by atoms with van der Waals surface area (Å²) in [6, 6.07) is 66.9. The molecule has 1 unspecified atom stereocenters. The van der Waals surface area contributed by atoms with Gasteiger partial charge in [-0.15, -0.1) is 0 Å². The van der Waals surface area contributed by atoms with Gasteiger partial charge in [-0.05, 0) is 57.3 Å². The monoisotopic (exact) mass is 1660 g/mol. The zero-order valence-electron chi connectivity index (χ0n) is 71.7. The molecule has 19 heteroatoms. The molecule has 1 N–H and O–H groups in total. The summed E-state index contributed by atoms with van der Waals surface area (Å²) in [5.74, 6) is 0. The first kappa shape index (κ1) is 96.3. The molecule has 0 aromatic heterocycles. The van der Waals surface area contributed by atoms with Crippen LogP contribution in [-0.4, -0.2) is 111 Å². The standard InChI is InChI=1S/C100H142N3O15P/c1-3-5-7-9-11-13-15-17-19-21-23-25-27-29-31-54-70-106-79-89(108-71-55-32-30-28-26-24-22-20-18-16-14-12-10-8-6-4-2)80-115-119(104,105)118-99-97(114-78-88-68-52-39-53-69-88)95(112-76-86-64-48-37-49-65-86)94(111-75-85-62-46-36-47-63-85)96(113-77-87-66-50-38-51-67-87)98(99)117-100-91(102-103-101)93(110-74-84-60-44-35-45-61-84)92(109-73-83-58-42-34-43-59-83)90(116-100)81-107-72-82-56-40-33-41-57-82/h33-53,56-69,89-100H,3-32,54-55,70-81H2,1-2H3,(H,104,105)/t89-,90-,91-,92-,93-,94-,95-,96+,97-,98-,99-,100-/m1/s1. The Morgan fingerprint density at radius 1 is 0.353 bits per heavy atom. The molecule has 7 aromatic carbocycles. The highest BCUT2D eigenvalue weighted by atomic mass is 31.2. The van der Waals surface area contributed by atoms with Gasteiger partial charge in [-0.2, -0.15) is 0 Å². The number of ether oxygens (including phenoxy) is 11. The summed E-state index contributed by atoms with van der Waals surface area (Å²) in [6.45, 7) is 5.70. The first-order valence-electron chi connectivity index (χ1n) is 45.5. The Morgan fingerprint density at radius 3 is 0.992 bits per heavy atom. The maximum Gasteiger partial charge on any atom is 0.472 e. The average Bonchev–Trinajstić information content (AvgIpc) is 0.749. The van der Waals surface area contributed by atoms with E-state index in [-0.39, 0.29) is 66.1 Å². The molecule has 1 saturated carbocycles. The molecule has 13 atom stereocenters. The maximum atomic E-state index is 15.9. The molecule has 0 radical (unpaired) electrons. The van der Waals surface area contributed by atoms with Crippen molar-refractivity contribution in [1.82, 2.24) is 0 Å². The van der Waals surface area contributed by atoms with Gasteiger partial charge in [0.1, 0.15) is 67.1 Å². The van der Waals surface area contributed by atoms with Crippen LogP contribution in [0.15, 0.2) is 217 Å². The Hall–Kier alpha value is -6.48. The summed E-state index contributed by atoms with van der Waals surface area (Å²) in [6.07, 6.45) is 27.0. The van der Waals surface area contributed by atoms with Gasteiger partial charge < -0.3 is 57.0 Å². The summed E-state index contributed by atoms with van der Waals surface area (Å²) in [4.78, 5) is 16.4. The van der Waals surface area contributed by atoms with E-state index in [1.54, 1.807) is 0 Å². The average molecular weight is 1660 g/mol. The van der Waals surface area contributed by atoms with Crippen molar-refractivity contribution < 1.29 is 70.6 Å². The molecular weight excluding hydrogens is 1510 g/mol. The van der Waals surface area contributed by atoms with Gasteiger partial charge in [-0.1, -0.05) is 424 Å². The van der Waals surface area contributed by atoms with Crippen molar-refractivity contribution in [2.24, 2.45) is 5.11 Å². The highest BCUT2D eigenvalue weighted by Crippen LogP contribution is 2.50. The number of hydrogen-bond acceptors (Lipinski definition) is 15. The molecular formula is C100H142N3O15P. The number of unbranched alkanes of at least 4 members (excludes halogenated alkanes) is 30. The topological polar surface area (TPSA) is 206 Å². The Balaban J connectivity index is 1.02. The molecule has 652 valence electrons. The van der Waals surface area contributed by atoms with Gasteiger partial charge in [0.2, 0.25) is 0 Å². The van der Waals surface area contributed by atoms with Crippen molar-refractivity contribution >= 4 is 7.82 Å². The highest BCUT2D eigenvalue weighted by molar-refractivity contribution is 7.47. The van der Waals surface area contributed by atoms with Crippen LogP contribution in [0, 0.1) is 0 Å². The molecule has 0 spiro atoms. The van der Waals surface area contributed by atoms with E-state index in [0.29, 0.717) is 13.2 Å². The number of phosphoric ester groups is 1. The largest absolute Gasteiger partial charge is 0.472 e. The molecule has 1 aliphatic carbocycles. The van der Waals surface area contributed by atoms with Crippen molar-refractivity contribution in [2.75, 3.05) is 33.0 Å². The van der Waals surface area contributed by atoms with Crippen LogP contribution in [0.5, 0.6) is 0 Å². The van der Waals surface area contributed by atoms with E-state index >= 15 is 4.57 Å². The molecule has 0 bridgehead atoms. The van der Waals surface area contributed by atoms with E-state index in [4.69, 9.17) is 61.2 Å². The Morgan fingerprint density at radius 2 is 0.647 bits per heavy atom. The fourth-order valence-corrected chi connectivity index (χ4v) is 16.8. The number of benzene rings is 7. The van der Waals surface area contributed by atoms with Gasteiger partial charge >= 0.3 is 7.82 Å². The summed E-state index contributed by atoms with van der Waals surface area (Å²) in [5.41, 5.74) is 16.9. The lowest BCUT2D eigenvalue weighted by Gasteiger charge is -2.52. The third-order valence-electron chi connectivity index (χ3n) is 22.6. The predicted octanol–water partition coefficient (Wildman–Crippen LogP) is 24.9. The van der Waals surface area contributed by atoms with Crippen molar-refractivity contribution in [3.63, 3.8) is 0 Å². The Kier molecular flexibility index (Phi) is 48.7. The van der Waals surface area contributed by atoms with E-state index in [9.17, 15) is 10.4 Å². The molecule has 1 saturated heterocycles. The lowest BCUT2D eigenvalue weighted by Crippen LogP contribution is -2.69. The van der Waals surface area contributed by atoms with Crippen LogP contribution in [-0.2, 0) is 112 Å². The highest BCUT2D eigenvalue weighted by Gasteiger charge is 2.59. The third kappa shape index (κ3) is 38.4. The van der Waals surface area contributed by atoms with Crippen LogP contribution in [0.1, 0.15) is 258 Å². The number of phosphoric acid groups is 1. The normalized spacial score (nSPS) is 20.7. The van der Waals surface area contributed by atoms with E-state index in [1.807, 2.05) is 212 Å². The molecule has 0 amide bonds. The van der Waals surface area contributed by atoms with Gasteiger partial charge in [0.05, 0.1) is 66.1 Å². The SMILES string of the molecule is CCCCCCCCCCCCCCCCCCOC[C@H](COP(=O)(O)O[C@@H]1[C@H](OCc2ccccc2)[C@H](OCc2ccccc2)[C@@H](OCc2ccccc2)[C@H](OCc2ccccc2)[C@H]1O[C@H]1O[C@H](COCc2ccccc2)[C@@H](OCc2ccccc2)[C@H](OCc2ccccc2)[C@H]1N=[N+]=[N-])OCCCCCCCCCCCCCCCCCC. The minimum atomic E-state index is -5.31. The van der Waals surface area contributed by atoms with Crippen molar-refractivity contribution in [3.05, 3.63) is 262 Å². The molecule has 119 heavy (non-hydrogen) atoms. The second-order valence-electron chi connectivity index (χ2n) is 32.4. The van der Waals surface area contributed by atoms with Crippen molar-refractivity contribution in [1.29, 1.82) is 0 Å². The number of hydrogen-bond donors (Lipinski definition) is 1. The summed E-state index contributed by atoms with van der Waals surface area (Å²) in [5, 5.41) is 4.54. The zero-order valence-corrected chi connectivity index (χ0v) is 72.6. The van der Waals surface area contributed by atoms with Gasteiger partial charge in [-0.25, -0.2) is 4.57 Å². The first-order chi connectivity index (χ1) is 58.8. The maximum absolute atomic E-state index is 15.9. The lowest BCUT2D eigenvalue weighted by atomic mass is 9.83. The van der Waals surface area contributed by atoms with Gasteiger partial charge in [-0.3, -0.25) is 9.05 Å². The van der Waals surface area contributed by atoms with Crippen molar-refractivity contribution in [2.45, 2.75) is 339 Å². The number of azide groups is 1. The molecule has 9 rings (SSSR count). The zero-order chi connectivity index (χ0) is 82.9. The second kappa shape index (κ2) is 60.1. The molecule has 7 aromatic rings. The molecule has 1 aliphatic heterocycles. The lowest BCUT2D eigenvalue weighted by molar-refractivity contribution is -0.337. The summed E-state index contributed by atoms with van der Waals surface area (Å²) < 4.78 is 107. The third-order valence-corrected chi connectivity index (χ3v) is 23.6. The fraction of sp³-hybridized carbons (Fsp3) is 0.580. The molecule has 1 heterocycles.